The van der Waals surface area contributed by atoms with Crippen molar-refractivity contribution in [2.45, 2.75) is 25.6 Å². The number of aliphatic hydroxyl groups excluding tert-OH is 1. The molecule has 5 heteroatoms. The van der Waals surface area contributed by atoms with Crippen molar-refractivity contribution in [3.8, 4) is 0 Å². The zero-order valence-corrected chi connectivity index (χ0v) is 11.1. The molecule has 0 amide bonds. The fourth-order valence-electron chi connectivity index (χ4n) is 1.99. The zero-order valence-electron chi connectivity index (χ0n) is 11.1. The molecule has 2 atom stereocenters. The van der Waals surface area contributed by atoms with Gasteiger partial charge in [0.25, 0.3) is 0 Å². The Morgan fingerprint density at radius 3 is 2.78 bits per heavy atom. The van der Waals surface area contributed by atoms with Gasteiger partial charge in [-0.25, -0.2) is 0 Å². The number of pyridine rings is 1. The van der Waals surface area contributed by atoms with E-state index in [1.54, 1.807) is 13.3 Å². The number of nitrogens with zero attached hydrogens (tertiary/aromatic N) is 2. The van der Waals surface area contributed by atoms with Crippen LogP contribution in [0.1, 0.15) is 12.6 Å². The predicted octanol–water partition coefficient (Wildman–Crippen LogP) is 0.238. The Morgan fingerprint density at radius 1 is 1.50 bits per heavy atom. The summed E-state index contributed by atoms with van der Waals surface area (Å²) in [4.78, 5) is 6.41. The molecule has 5 nitrogen and oxygen atoms in total. The van der Waals surface area contributed by atoms with Crippen molar-refractivity contribution < 1.29 is 9.84 Å². The largest absolute Gasteiger partial charge is 0.395 e. The molecule has 0 saturated heterocycles. The van der Waals surface area contributed by atoms with Crippen molar-refractivity contribution in [1.29, 1.82) is 0 Å². The van der Waals surface area contributed by atoms with Crippen molar-refractivity contribution in [3.05, 3.63) is 30.1 Å². The minimum absolute atomic E-state index is 0.0190. The highest BCUT2D eigenvalue weighted by Gasteiger charge is 2.23. The standard InChI is InChI=1S/C13H23N3O2/c1-3-16(8-11-6-4-5-7-15-11)13(9-17)12(14)10-18-2/h4-7,12-13,17H,3,8-10,14H2,1-2H3. The van der Waals surface area contributed by atoms with Crippen LogP contribution in [0.3, 0.4) is 0 Å². The molecule has 1 heterocycles. The summed E-state index contributed by atoms with van der Waals surface area (Å²) < 4.78 is 5.05. The average molecular weight is 253 g/mol. The van der Waals surface area contributed by atoms with Crippen molar-refractivity contribution in [1.82, 2.24) is 9.88 Å². The van der Waals surface area contributed by atoms with Gasteiger partial charge in [0.05, 0.1) is 24.9 Å². The van der Waals surface area contributed by atoms with E-state index in [-0.39, 0.29) is 18.7 Å². The van der Waals surface area contributed by atoms with Crippen molar-refractivity contribution in [2.24, 2.45) is 5.73 Å². The fourth-order valence-corrected chi connectivity index (χ4v) is 1.99. The van der Waals surface area contributed by atoms with E-state index in [0.717, 1.165) is 12.2 Å². The second-order valence-corrected chi connectivity index (χ2v) is 4.25. The molecule has 0 fully saturated rings. The van der Waals surface area contributed by atoms with Crippen molar-refractivity contribution in [2.75, 3.05) is 26.9 Å². The fraction of sp³-hybridized carbons (Fsp3) is 0.615. The maximum atomic E-state index is 9.50. The number of hydrogen-bond donors (Lipinski definition) is 2. The van der Waals surface area contributed by atoms with Gasteiger partial charge in [0.1, 0.15) is 0 Å². The summed E-state index contributed by atoms with van der Waals surface area (Å²) in [6.45, 7) is 3.99. The zero-order chi connectivity index (χ0) is 13.4. The molecular formula is C13H23N3O2. The molecule has 0 aliphatic heterocycles. The summed E-state index contributed by atoms with van der Waals surface area (Å²) in [5, 5.41) is 9.50. The predicted molar refractivity (Wildman–Crippen MR) is 71.0 cm³/mol. The molecule has 0 bridgehead atoms. The van der Waals surface area contributed by atoms with E-state index in [1.165, 1.54) is 0 Å². The maximum Gasteiger partial charge on any atom is 0.0629 e. The van der Waals surface area contributed by atoms with Gasteiger partial charge in [0.15, 0.2) is 0 Å². The molecular weight excluding hydrogens is 230 g/mol. The minimum atomic E-state index is -0.205. The molecule has 0 saturated carbocycles. The van der Waals surface area contributed by atoms with Crippen LogP contribution in [0.2, 0.25) is 0 Å². The second kappa shape index (κ2) is 8.16. The van der Waals surface area contributed by atoms with Crippen LogP contribution in [0.15, 0.2) is 24.4 Å². The van der Waals surface area contributed by atoms with E-state index >= 15 is 0 Å². The Bertz CT molecular complexity index is 321. The van der Waals surface area contributed by atoms with Crippen LogP contribution < -0.4 is 5.73 Å². The lowest BCUT2D eigenvalue weighted by Crippen LogP contribution is -2.51. The molecule has 1 aromatic heterocycles. The maximum absolute atomic E-state index is 9.50. The Kier molecular flexibility index (Phi) is 6.82. The van der Waals surface area contributed by atoms with E-state index in [4.69, 9.17) is 10.5 Å². The summed E-state index contributed by atoms with van der Waals surface area (Å²) in [7, 11) is 1.61. The van der Waals surface area contributed by atoms with Crippen LogP contribution in [0, 0.1) is 0 Å². The summed E-state index contributed by atoms with van der Waals surface area (Å²) in [6.07, 6.45) is 1.77. The van der Waals surface area contributed by atoms with Gasteiger partial charge in [-0.2, -0.15) is 0 Å². The Morgan fingerprint density at radius 2 is 2.28 bits per heavy atom. The van der Waals surface area contributed by atoms with Gasteiger partial charge in [-0.1, -0.05) is 13.0 Å². The molecule has 3 N–H and O–H groups in total. The van der Waals surface area contributed by atoms with Gasteiger partial charge in [-0.05, 0) is 18.7 Å². The topological polar surface area (TPSA) is 71.6 Å². The monoisotopic (exact) mass is 253 g/mol. The lowest BCUT2D eigenvalue weighted by molar-refractivity contribution is 0.0684. The highest BCUT2D eigenvalue weighted by Crippen LogP contribution is 2.08. The van der Waals surface area contributed by atoms with Crippen LogP contribution in [0.5, 0.6) is 0 Å². The van der Waals surface area contributed by atoms with Crippen LogP contribution in [0.25, 0.3) is 0 Å². The Hall–Kier alpha value is -1.01. The van der Waals surface area contributed by atoms with Crippen LogP contribution in [-0.4, -0.2) is 53.9 Å². The van der Waals surface area contributed by atoms with Gasteiger partial charge in [-0.15, -0.1) is 0 Å². The molecule has 18 heavy (non-hydrogen) atoms. The van der Waals surface area contributed by atoms with E-state index in [1.807, 2.05) is 25.1 Å². The van der Waals surface area contributed by atoms with Crippen LogP contribution in [-0.2, 0) is 11.3 Å². The van der Waals surface area contributed by atoms with Crippen molar-refractivity contribution >= 4 is 0 Å². The Balaban J connectivity index is 2.68. The van der Waals surface area contributed by atoms with E-state index in [9.17, 15) is 5.11 Å². The SMILES string of the molecule is CCN(Cc1ccccn1)C(CO)C(N)COC. The van der Waals surface area contributed by atoms with E-state index in [2.05, 4.69) is 9.88 Å². The van der Waals surface area contributed by atoms with Gasteiger partial charge in [0.2, 0.25) is 0 Å². The molecule has 0 aromatic carbocycles. The van der Waals surface area contributed by atoms with E-state index < -0.39 is 0 Å². The smallest absolute Gasteiger partial charge is 0.0629 e. The van der Waals surface area contributed by atoms with Crippen molar-refractivity contribution in [3.63, 3.8) is 0 Å². The first-order valence-corrected chi connectivity index (χ1v) is 6.22. The number of ether oxygens (including phenoxy) is 1. The number of hydrogen-bond acceptors (Lipinski definition) is 5. The number of aliphatic hydroxyl groups is 1. The molecule has 0 aliphatic carbocycles. The van der Waals surface area contributed by atoms with Gasteiger partial charge < -0.3 is 15.6 Å². The average Bonchev–Trinajstić information content (AvgIpc) is 2.40. The third-order valence-corrected chi connectivity index (χ3v) is 3.01. The summed E-state index contributed by atoms with van der Waals surface area (Å²) >= 11 is 0. The number of methoxy groups -OCH3 is 1. The molecule has 0 aliphatic rings. The molecule has 2 unspecified atom stereocenters. The first-order valence-electron chi connectivity index (χ1n) is 6.22. The third kappa shape index (κ3) is 4.34. The first kappa shape index (κ1) is 15.0. The van der Waals surface area contributed by atoms with Gasteiger partial charge in [-0.3, -0.25) is 9.88 Å². The molecule has 1 aromatic rings. The third-order valence-electron chi connectivity index (χ3n) is 3.01. The van der Waals surface area contributed by atoms with Crippen LogP contribution in [0.4, 0.5) is 0 Å². The van der Waals surface area contributed by atoms with Gasteiger partial charge in [0, 0.05) is 25.9 Å². The summed E-state index contributed by atoms with van der Waals surface area (Å²) in [5.41, 5.74) is 7.00. The van der Waals surface area contributed by atoms with Crippen LogP contribution >= 0.6 is 0 Å². The minimum Gasteiger partial charge on any atom is -0.395 e. The summed E-state index contributed by atoms with van der Waals surface area (Å²) in [5.74, 6) is 0. The molecule has 1 rings (SSSR count). The molecule has 0 radical (unpaired) electrons. The number of likely N-dealkylation sites (N-methyl/N-ethyl adjacent to an activating group) is 1. The normalized spacial score (nSPS) is 14.7. The lowest BCUT2D eigenvalue weighted by Gasteiger charge is -2.33. The number of nitrogens with two attached hydrogens (primary N) is 1. The quantitative estimate of drug-likeness (QED) is 0.694. The second-order valence-electron chi connectivity index (χ2n) is 4.25. The highest BCUT2D eigenvalue weighted by atomic mass is 16.5. The lowest BCUT2D eigenvalue weighted by atomic mass is 10.1. The van der Waals surface area contributed by atoms with Gasteiger partial charge >= 0.3 is 0 Å². The first-order chi connectivity index (χ1) is 8.72. The number of rotatable bonds is 8. The van der Waals surface area contributed by atoms with E-state index in [0.29, 0.717) is 13.2 Å². The molecule has 102 valence electrons. The molecule has 0 spiro atoms. The summed E-state index contributed by atoms with van der Waals surface area (Å²) in [6, 6.07) is 5.50. The highest BCUT2D eigenvalue weighted by molar-refractivity contribution is 5.03. The Labute approximate surface area is 109 Å². The number of aromatic nitrogens is 1.